The quantitative estimate of drug-likeness (QED) is 0.605. The Morgan fingerprint density at radius 1 is 1.00 bits per heavy atom. The van der Waals surface area contributed by atoms with Crippen molar-refractivity contribution in [3.63, 3.8) is 0 Å². The van der Waals surface area contributed by atoms with E-state index in [0.29, 0.717) is 24.6 Å². The van der Waals surface area contributed by atoms with Crippen LogP contribution >= 0.6 is 0 Å². The second-order valence-corrected chi connectivity index (χ2v) is 6.92. The lowest BCUT2D eigenvalue weighted by atomic mass is 10.2. The van der Waals surface area contributed by atoms with Gasteiger partial charge in [0.15, 0.2) is 11.5 Å². The highest BCUT2D eigenvalue weighted by Gasteiger charge is 2.16. The standard InChI is InChI=1S/C23H26N4O2/c1-4-27(16-18-8-6-5-7-9-18)23(28)21-14-15-22(26-25-21)24-19-10-12-20(13-11-19)29-17(2)3/h5-15,17H,4,16H2,1-3H3,(H,24,26). The van der Waals surface area contributed by atoms with E-state index in [-0.39, 0.29) is 12.0 Å². The fourth-order valence-electron chi connectivity index (χ4n) is 2.84. The predicted octanol–water partition coefficient (Wildman–Crippen LogP) is 4.67. The van der Waals surface area contributed by atoms with E-state index in [9.17, 15) is 4.79 Å². The summed E-state index contributed by atoms with van der Waals surface area (Å²) in [5, 5.41) is 11.4. The topological polar surface area (TPSA) is 67.4 Å². The maximum Gasteiger partial charge on any atom is 0.274 e. The SMILES string of the molecule is CCN(Cc1ccccc1)C(=O)c1ccc(Nc2ccc(OC(C)C)cc2)nn1. The van der Waals surface area contributed by atoms with Gasteiger partial charge in [-0.25, -0.2) is 0 Å². The Bertz CT molecular complexity index is 910. The van der Waals surface area contributed by atoms with Crippen LogP contribution in [0.5, 0.6) is 5.75 Å². The molecule has 3 rings (SSSR count). The van der Waals surface area contributed by atoms with Crippen LogP contribution in [0, 0.1) is 0 Å². The normalized spacial score (nSPS) is 10.6. The van der Waals surface area contributed by atoms with Crippen LogP contribution < -0.4 is 10.1 Å². The molecule has 1 N–H and O–H groups in total. The zero-order chi connectivity index (χ0) is 20.6. The summed E-state index contributed by atoms with van der Waals surface area (Å²) in [5.41, 5.74) is 2.28. The van der Waals surface area contributed by atoms with Crippen LogP contribution in [-0.4, -0.2) is 33.7 Å². The van der Waals surface area contributed by atoms with Crippen molar-refractivity contribution < 1.29 is 9.53 Å². The van der Waals surface area contributed by atoms with Gasteiger partial charge in [-0.05, 0) is 62.7 Å². The Hall–Kier alpha value is -3.41. The Morgan fingerprint density at radius 3 is 2.31 bits per heavy atom. The molecule has 6 nitrogen and oxygen atoms in total. The van der Waals surface area contributed by atoms with E-state index in [4.69, 9.17) is 4.74 Å². The molecule has 1 aromatic heterocycles. The summed E-state index contributed by atoms with van der Waals surface area (Å²) in [6.07, 6.45) is 0.134. The summed E-state index contributed by atoms with van der Waals surface area (Å²) in [4.78, 5) is 14.5. The zero-order valence-corrected chi connectivity index (χ0v) is 17.0. The maximum absolute atomic E-state index is 12.8. The first-order valence-electron chi connectivity index (χ1n) is 9.76. The first kappa shape index (κ1) is 20.3. The second kappa shape index (κ2) is 9.68. The molecule has 0 aliphatic carbocycles. The van der Waals surface area contributed by atoms with E-state index in [1.165, 1.54) is 0 Å². The molecule has 0 saturated carbocycles. The van der Waals surface area contributed by atoms with Gasteiger partial charge >= 0.3 is 0 Å². The van der Waals surface area contributed by atoms with Gasteiger partial charge in [0.05, 0.1) is 6.10 Å². The molecular weight excluding hydrogens is 364 g/mol. The highest BCUT2D eigenvalue weighted by Crippen LogP contribution is 2.20. The molecule has 3 aromatic rings. The molecule has 0 saturated heterocycles. The number of carbonyl (C=O) groups is 1. The highest BCUT2D eigenvalue weighted by molar-refractivity contribution is 5.92. The minimum atomic E-state index is -0.134. The van der Waals surface area contributed by atoms with Gasteiger partial charge < -0.3 is 15.0 Å². The summed E-state index contributed by atoms with van der Waals surface area (Å²) < 4.78 is 5.64. The van der Waals surface area contributed by atoms with Gasteiger partial charge in [-0.1, -0.05) is 30.3 Å². The fraction of sp³-hybridized carbons (Fsp3) is 0.261. The number of aromatic nitrogens is 2. The van der Waals surface area contributed by atoms with Crippen molar-refractivity contribution in [1.29, 1.82) is 0 Å². The van der Waals surface area contributed by atoms with Crippen LogP contribution in [0.1, 0.15) is 36.8 Å². The Kier molecular flexibility index (Phi) is 6.79. The minimum absolute atomic E-state index is 0.134. The molecule has 0 aliphatic rings. The van der Waals surface area contributed by atoms with E-state index < -0.39 is 0 Å². The largest absolute Gasteiger partial charge is 0.491 e. The van der Waals surface area contributed by atoms with Gasteiger partial charge in [0.25, 0.3) is 5.91 Å². The average Bonchev–Trinajstić information content (AvgIpc) is 2.74. The first-order valence-corrected chi connectivity index (χ1v) is 9.76. The molecule has 1 heterocycles. The summed E-state index contributed by atoms with van der Waals surface area (Å²) in [6.45, 7) is 7.08. The van der Waals surface area contributed by atoms with Gasteiger partial charge in [0, 0.05) is 18.8 Å². The van der Waals surface area contributed by atoms with Crippen LogP contribution in [0.25, 0.3) is 0 Å². The summed E-state index contributed by atoms with van der Waals surface area (Å²) >= 11 is 0. The van der Waals surface area contributed by atoms with Crippen molar-refractivity contribution in [3.05, 3.63) is 78.0 Å². The molecule has 0 radical (unpaired) electrons. The molecule has 6 heteroatoms. The van der Waals surface area contributed by atoms with Crippen LogP contribution in [0.4, 0.5) is 11.5 Å². The van der Waals surface area contributed by atoms with E-state index in [1.54, 1.807) is 17.0 Å². The van der Waals surface area contributed by atoms with Crippen molar-refractivity contribution in [1.82, 2.24) is 15.1 Å². The molecule has 1 amide bonds. The minimum Gasteiger partial charge on any atom is -0.491 e. The second-order valence-electron chi connectivity index (χ2n) is 6.92. The predicted molar refractivity (Wildman–Crippen MR) is 114 cm³/mol. The van der Waals surface area contributed by atoms with Gasteiger partial charge in [-0.2, -0.15) is 0 Å². The summed E-state index contributed by atoms with van der Waals surface area (Å²) in [5.74, 6) is 1.26. The number of ether oxygens (including phenoxy) is 1. The Morgan fingerprint density at radius 2 is 1.72 bits per heavy atom. The number of hydrogen-bond acceptors (Lipinski definition) is 5. The molecule has 0 bridgehead atoms. The molecule has 0 aliphatic heterocycles. The van der Waals surface area contributed by atoms with E-state index in [1.807, 2.05) is 75.4 Å². The van der Waals surface area contributed by atoms with Crippen LogP contribution in [-0.2, 0) is 6.54 Å². The summed E-state index contributed by atoms with van der Waals surface area (Å²) in [7, 11) is 0. The first-order chi connectivity index (χ1) is 14.0. The number of anilines is 2. The van der Waals surface area contributed by atoms with Crippen LogP contribution in [0.3, 0.4) is 0 Å². The van der Waals surface area contributed by atoms with E-state index in [0.717, 1.165) is 17.0 Å². The van der Waals surface area contributed by atoms with E-state index >= 15 is 0 Å². The number of nitrogens with zero attached hydrogens (tertiary/aromatic N) is 3. The zero-order valence-electron chi connectivity index (χ0n) is 17.0. The van der Waals surface area contributed by atoms with Crippen molar-refractivity contribution in [2.24, 2.45) is 0 Å². The lowest BCUT2D eigenvalue weighted by molar-refractivity contribution is 0.0745. The van der Waals surface area contributed by atoms with Gasteiger partial charge in [-0.15, -0.1) is 10.2 Å². The third-order valence-corrected chi connectivity index (χ3v) is 4.27. The van der Waals surface area contributed by atoms with Gasteiger partial charge in [0.1, 0.15) is 5.75 Å². The molecule has 0 atom stereocenters. The molecule has 29 heavy (non-hydrogen) atoms. The third-order valence-electron chi connectivity index (χ3n) is 4.27. The molecule has 0 spiro atoms. The average molecular weight is 390 g/mol. The monoisotopic (exact) mass is 390 g/mol. The molecule has 0 fully saturated rings. The number of hydrogen-bond donors (Lipinski definition) is 1. The number of carbonyl (C=O) groups excluding carboxylic acids is 1. The molecular formula is C23H26N4O2. The molecule has 0 unspecified atom stereocenters. The smallest absolute Gasteiger partial charge is 0.274 e. The van der Waals surface area contributed by atoms with Crippen molar-refractivity contribution >= 4 is 17.4 Å². The fourth-order valence-corrected chi connectivity index (χ4v) is 2.84. The lowest BCUT2D eigenvalue weighted by Gasteiger charge is -2.20. The highest BCUT2D eigenvalue weighted by atomic mass is 16.5. The molecule has 150 valence electrons. The van der Waals surface area contributed by atoms with Gasteiger partial charge in [-0.3, -0.25) is 4.79 Å². The van der Waals surface area contributed by atoms with Crippen molar-refractivity contribution in [2.45, 2.75) is 33.4 Å². The number of benzene rings is 2. The maximum atomic E-state index is 12.8. The summed E-state index contributed by atoms with van der Waals surface area (Å²) in [6, 6.07) is 21.0. The molecule has 2 aromatic carbocycles. The van der Waals surface area contributed by atoms with Gasteiger partial charge in [0.2, 0.25) is 0 Å². The lowest BCUT2D eigenvalue weighted by Crippen LogP contribution is -2.31. The van der Waals surface area contributed by atoms with Crippen molar-refractivity contribution in [3.8, 4) is 5.75 Å². The number of nitrogens with one attached hydrogen (secondary N) is 1. The Labute approximate surface area is 171 Å². The number of amides is 1. The van der Waals surface area contributed by atoms with Crippen molar-refractivity contribution in [2.75, 3.05) is 11.9 Å². The number of rotatable bonds is 8. The van der Waals surface area contributed by atoms with E-state index in [2.05, 4.69) is 15.5 Å². The Balaban J connectivity index is 1.63. The van der Waals surface area contributed by atoms with Crippen LogP contribution in [0.15, 0.2) is 66.7 Å². The third kappa shape index (κ3) is 5.78. The van der Waals surface area contributed by atoms with Crippen LogP contribution in [0.2, 0.25) is 0 Å².